The molecule has 0 saturated heterocycles. The topological polar surface area (TPSA) is 81.1 Å². The molecule has 4 nitrogen and oxygen atoms in total. The van der Waals surface area contributed by atoms with Crippen molar-refractivity contribution in [2.24, 2.45) is 11.5 Å². The molecule has 0 aromatic carbocycles. The summed E-state index contributed by atoms with van der Waals surface area (Å²) in [5.41, 5.74) is 13.0. The Balaban J connectivity index is 2.18. The molecule has 5 N–H and O–H groups in total. The maximum atomic E-state index is 11.7. The van der Waals surface area contributed by atoms with E-state index in [0.717, 1.165) is 25.0 Å². The molecule has 0 radical (unpaired) electrons. The zero-order valence-corrected chi connectivity index (χ0v) is 9.69. The normalized spacial score (nSPS) is 35.0. The third-order valence-corrected chi connectivity index (χ3v) is 4.25. The van der Waals surface area contributed by atoms with Gasteiger partial charge in [-0.1, -0.05) is 18.7 Å². The van der Waals surface area contributed by atoms with Crippen LogP contribution in [0.2, 0.25) is 0 Å². The van der Waals surface area contributed by atoms with Crippen LogP contribution in [0.25, 0.3) is 0 Å². The predicted octanol–water partition coefficient (Wildman–Crippen LogP) is 0.637. The molecule has 84 valence electrons. The highest BCUT2D eigenvalue weighted by Gasteiger charge is 2.43. The molecule has 1 heterocycles. The summed E-state index contributed by atoms with van der Waals surface area (Å²) in [4.78, 5) is 11.9. The third-order valence-electron chi connectivity index (χ3n) is 2.93. The number of allylic oxidation sites excluding steroid dienone is 1. The zero-order valence-electron chi connectivity index (χ0n) is 8.88. The Kier molecular flexibility index (Phi) is 2.79. The van der Waals surface area contributed by atoms with E-state index in [1.165, 1.54) is 16.7 Å². The molecule has 1 unspecified atom stereocenters. The first-order chi connectivity index (χ1) is 7.07. The smallest absolute Gasteiger partial charge is 0.199 e. The minimum Gasteiger partial charge on any atom is -0.354 e. The van der Waals surface area contributed by atoms with Crippen LogP contribution in [0.1, 0.15) is 32.6 Å². The molecule has 2 rings (SSSR count). The van der Waals surface area contributed by atoms with Gasteiger partial charge in [-0.05, 0) is 19.3 Å². The van der Waals surface area contributed by atoms with Gasteiger partial charge in [0.2, 0.25) is 0 Å². The van der Waals surface area contributed by atoms with Crippen LogP contribution in [-0.2, 0) is 4.79 Å². The lowest BCUT2D eigenvalue weighted by Crippen LogP contribution is -2.55. The standard InChI is InChI=1S/C10H17N3OS/c1-2-8(14)10(12)13-9-6(11)4-3-5-7(9)15-10/h6,13H,2-5,11-12H2,1H3/t6?,10-/m1/s1. The van der Waals surface area contributed by atoms with Crippen LogP contribution in [-0.4, -0.2) is 16.8 Å². The second-order valence-corrected chi connectivity index (χ2v) is 5.42. The lowest BCUT2D eigenvalue weighted by atomic mass is 9.99. The first-order valence-electron chi connectivity index (χ1n) is 5.35. The first-order valence-corrected chi connectivity index (χ1v) is 6.16. The van der Waals surface area contributed by atoms with E-state index in [2.05, 4.69) is 5.32 Å². The van der Waals surface area contributed by atoms with Gasteiger partial charge in [-0.2, -0.15) is 0 Å². The van der Waals surface area contributed by atoms with Crippen LogP contribution < -0.4 is 16.8 Å². The van der Waals surface area contributed by atoms with Gasteiger partial charge in [-0.3, -0.25) is 10.5 Å². The van der Waals surface area contributed by atoms with E-state index in [1.807, 2.05) is 6.92 Å². The molecular formula is C10H17N3OS. The number of nitrogens with two attached hydrogens (primary N) is 2. The number of ketones is 1. The SMILES string of the molecule is CCC(=O)[C@@]1(N)NC2=C(CCCC2N)S1. The van der Waals surface area contributed by atoms with Crippen molar-refractivity contribution >= 4 is 17.5 Å². The highest BCUT2D eigenvalue weighted by molar-refractivity contribution is 8.05. The lowest BCUT2D eigenvalue weighted by Gasteiger charge is -2.24. The minimum absolute atomic E-state index is 0.0244. The summed E-state index contributed by atoms with van der Waals surface area (Å²) in [6.07, 6.45) is 3.51. The van der Waals surface area contributed by atoms with Gasteiger partial charge < -0.3 is 11.1 Å². The fourth-order valence-electron chi connectivity index (χ4n) is 2.05. The van der Waals surface area contributed by atoms with Gasteiger partial charge in [0, 0.05) is 23.1 Å². The van der Waals surface area contributed by atoms with Crippen LogP contribution in [0, 0.1) is 0 Å². The number of carbonyl (C=O) groups is 1. The summed E-state index contributed by atoms with van der Waals surface area (Å²) in [6.45, 7) is 1.83. The number of Topliss-reactive ketones (excluding diaryl/α,β-unsaturated/α-hetero) is 1. The highest BCUT2D eigenvalue weighted by atomic mass is 32.2. The fourth-order valence-corrected chi connectivity index (χ4v) is 3.41. The van der Waals surface area contributed by atoms with Crippen LogP contribution in [0.4, 0.5) is 0 Å². The molecule has 0 fully saturated rings. The van der Waals surface area contributed by atoms with Crippen molar-refractivity contribution in [3.05, 3.63) is 10.6 Å². The predicted molar refractivity (Wildman–Crippen MR) is 61.8 cm³/mol. The molecular weight excluding hydrogens is 210 g/mol. The molecule has 0 saturated carbocycles. The molecule has 2 atom stereocenters. The lowest BCUT2D eigenvalue weighted by molar-refractivity contribution is -0.121. The third kappa shape index (κ3) is 1.79. The largest absolute Gasteiger partial charge is 0.354 e. The quantitative estimate of drug-likeness (QED) is 0.645. The molecule has 15 heavy (non-hydrogen) atoms. The van der Waals surface area contributed by atoms with Crippen molar-refractivity contribution in [3.8, 4) is 0 Å². The van der Waals surface area contributed by atoms with Gasteiger partial charge in [0.1, 0.15) is 0 Å². The summed E-state index contributed by atoms with van der Waals surface area (Å²) < 4.78 is 0. The second-order valence-electron chi connectivity index (χ2n) is 4.08. The molecule has 1 aliphatic carbocycles. The van der Waals surface area contributed by atoms with E-state index in [9.17, 15) is 4.79 Å². The molecule has 0 aromatic rings. The minimum atomic E-state index is -0.957. The van der Waals surface area contributed by atoms with Crippen molar-refractivity contribution in [3.63, 3.8) is 0 Å². The Morgan fingerprint density at radius 2 is 2.47 bits per heavy atom. The van der Waals surface area contributed by atoms with E-state index >= 15 is 0 Å². The average molecular weight is 227 g/mol. The van der Waals surface area contributed by atoms with Gasteiger partial charge in [0.15, 0.2) is 10.8 Å². The zero-order chi connectivity index (χ0) is 11.1. The maximum Gasteiger partial charge on any atom is 0.199 e. The Morgan fingerprint density at radius 3 is 3.07 bits per heavy atom. The molecule has 0 aromatic heterocycles. The van der Waals surface area contributed by atoms with E-state index in [4.69, 9.17) is 11.5 Å². The average Bonchev–Trinajstić information content (AvgIpc) is 2.57. The number of nitrogens with one attached hydrogen (secondary N) is 1. The van der Waals surface area contributed by atoms with Gasteiger partial charge in [-0.25, -0.2) is 0 Å². The summed E-state index contributed by atoms with van der Waals surface area (Å²) in [5, 5.41) is 3.12. The van der Waals surface area contributed by atoms with Crippen molar-refractivity contribution in [2.45, 2.75) is 43.6 Å². The van der Waals surface area contributed by atoms with E-state index in [-0.39, 0.29) is 11.8 Å². The van der Waals surface area contributed by atoms with E-state index in [0.29, 0.717) is 6.42 Å². The van der Waals surface area contributed by atoms with Crippen molar-refractivity contribution < 1.29 is 4.79 Å². The number of thioether (sulfide) groups is 1. The van der Waals surface area contributed by atoms with E-state index in [1.54, 1.807) is 0 Å². The summed E-state index contributed by atoms with van der Waals surface area (Å²) in [7, 11) is 0. The summed E-state index contributed by atoms with van der Waals surface area (Å²) in [6, 6.07) is 0.0244. The number of hydrogen-bond donors (Lipinski definition) is 3. The Labute approximate surface area is 93.8 Å². The van der Waals surface area contributed by atoms with Crippen LogP contribution in [0.15, 0.2) is 10.6 Å². The molecule has 1 aliphatic heterocycles. The van der Waals surface area contributed by atoms with Crippen LogP contribution in [0.3, 0.4) is 0 Å². The van der Waals surface area contributed by atoms with Gasteiger partial charge in [-0.15, -0.1) is 0 Å². The van der Waals surface area contributed by atoms with Gasteiger partial charge >= 0.3 is 0 Å². The molecule has 5 heteroatoms. The summed E-state index contributed by atoms with van der Waals surface area (Å²) >= 11 is 1.45. The number of hydrogen-bond acceptors (Lipinski definition) is 5. The van der Waals surface area contributed by atoms with Crippen molar-refractivity contribution in [1.82, 2.24) is 5.32 Å². The van der Waals surface area contributed by atoms with Gasteiger partial charge in [0.05, 0.1) is 0 Å². The number of rotatable bonds is 2. The fraction of sp³-hybridized carbons (Fsp3) is 0.700. The van der Waals surface area contributed by atoms with Gasteiger partial charge in [0.25, 0.3) is 0 Å². The second kappa shape index (κ2) is 3.81. The van der Waals surface area contributed by atoms with E-state index < -0.39 is 4.99 Å². The first kappa shape index (κ1) is 11.0. The van der Waals surface area contributed by atoms with Crippen molar-refractivity contribution in [1.29, 1.82) is 0 Å². The molecule has 0 amide bonds. The number of carbonyl (C=O) groups excluding carboxylic acids is 1. The van der Waals surface area contributed by atoms with Crippen molar-refractivity contribution in [2.75, 3.05) is 0 Å². The monoisotopic (exact) mass is 227 g/mol. The maximum absolute atomic E-state index is 11.7. The Hall–Kier alpha value is -0.520. The van der Waals surface area contributed by atoms with Crippen LogP contribution in [0.5, 0.6) is 0 Å². The molecule has 0 spiro atoms. The highest BCUT2D eigenvalue weighted by Crippen LogP contribution is 2.42. The molecule has 2 aliphatic rings. The summed E-state index contributed by atoms with van der Waals surface area (Å²) in [5.74, 6) is 0.0362. The Bertz CT molecular complexity index is 329. The Morgan fingerprint density at radius 1 is 1.73 bits per heavy atom. The molecule has 0 bridgehead atoms. The van der Waals surface area contributed by atoms with Crippen LogP contribution >= 0.6 is 11.8 Å².